The van der Waals surface area contributed by atoms with Crippen molar-refractivity contribution in [2.45, 2.75) is 57.6 Å². The van der Waals surface area contributed by atoms with E-state index >= 15 is 0 Å². The van der Waals surface area contributed by atoms with Crippen LogP contribution in [0.5, 0.6) is 0 Å². The van der Waals surface area contributed by atoms with Gasteiger partial charge in [-0.3, -0.25) is 4.79 Å². The van der Waals surface area contributed by atoms with Crippen LogP contribution in [0, 0.1) is 11.8 Å². The van der Waals surface area contributed by atoms with Crippen molar-refractivity contribution in [3.05, 3.63) is 0 Å². The molecule has 1 saturated heterocycles. The van der Waals surface area contributed by atoms with Crippen molar-refractivity contribution in [3.63, 3.8) is 0 Å². The molecule has 1 aliphatic carbocycles. The van der Waals surface area contributed by atoms with Crippen molar-refractivity contribution >= 4 is 5.97 Å². The molecule has 2 N–H and O–H groups in total. The van der Waals surface area contributed by atoms with E-state index in [2.05, 4.69) is 12.2 Å². The first-order valence-corrected chi connectivity index (χ1v) is 7.24. The Balaban J connectivity index is 1.78. The van der Waals surface area contributed by atoms with Crippen LogP contribution in [0.15, 0.2) is 0 Å². The maximum Gasteiger partial charge on any atom is 0.306 e. The number of carboxylic acids is 1. The van der Waals surface area contributed by atoms with Gasteiger partial charge in [-0.1, -0.05) is 12.8 Å². The van der Waals surface area contributed by atoms with Gasteiger partial charge in [0.2, 0.25) is 0 Å². The Hall–Kier alpha value is -0.610. The van der Waals surface area contributed by atoms with Crippen LogP contribution in [-0.2, 0) is 9.53 Å². The van der Waals surface area contributed by atoms with E-state index in [-0.39, 0.29) is 5.92 Å². The average molecular weight is 255 g/mol. The second-order valence-corrected chi connectivity index (χ2v) is 5.80. The number of nitrogens with one attached hydrogen (secondary N) is 1. The maximum atomic E-state index is 11.2. The summed E-state index contributed by atoms with van der Waals surface area (Å²) < 4.78 is 5.53. The fraction of sp³-hybridized carbons (Fsp3) is 0.929. The summed E-state index contributed by atoms with van der Waals surface area (Å²) in [6, 6.07) is 0.505. The largest absolute Gasteiger partial charge is 0.481 e. The number of hydrogen-bond acceptors (Lipinski definition) is 3. The van der Waals surface area contributed by atoms with E-state index in [4.69, 9.17) is 4.74 Å². The summed E-state index contributed by atoms with van der Waals surface area (Å²) in [6.07, 6.45) is 6.59. The highest BCUT2D eigenvalue weighted by Gasteiger charge is 2.31. The minimum absolute atomic E-state index is 0.136. The Morgan fingerprint density at radius 3 is 2.83 bits per heavy atom. The molecule has 104 valence electrons. The first-order chi connectivity index (χ1) is 8.66. The number of hydrogen-bond donors (Lipinski definition) is 2. The summed E-state index contributed by atoms with van der Waals surface area (Å²) in [5, 5.41) is 12.8. The lowest BCUT2D eigenvalue weighted by atomic mass is 9.79. The van der Waals surface area contributed by atoms with Gasteiger partial charge in [-0.25, -0.2) is 0 Å². The zero-order valence-electron chi connectivity index (χ0n) is 11.2. The maximum absolute atomic E-state index is 11.2. The van der Waals surface area contributed by atoms with E-state index in [0.717, 1.165) is 45.3 Å². The van der Waals surface area contributed by atoms with E-state index < -0.39 is 5.97 Å². The van der Waals surface area contributed by atoms with Crippen LogP contribution in [0.2, 0.25) is 0 Å². The number of carboxylic acid groups (broad SMARTS) is 1. The molecule has 18 heavy (non-hydrogen) atoms. The minimum Gasteiger partial charge on any atom is -0.481 e. The van der Waals surface area contributed by atoms with E-state index in [0.29, 0.717) is 18.1 Å². The molecule has 0 aromatic heterocycles. The van der Waals surface area contributed by atoms with Crippen LogP contribution >= 0.6 is 0 Å². The van der Waals surface area contributed by atoms with Gasteiger partial charge in [-0.2, -0.15) is 0 Å². The van der Waals surface area contributed by atoms with Gasteiger partial charge in [0, 0.05) is 12.6 Å². The Morgan fingerprint density at radius 2 is 2.11 bits per heavy atom. The second kappa shape index (κ2) is 6.53. The van der Waals surface area contributed by atoms with Crippen LogP contribution in [0.4, 0.5) is 0 Å². The molecule has 4 atom stereocenters. The third-order valence-electron chi connectivity index (χ3n) is 4.38. The lowest BCUT2D eigenvalue weighted by Gasteiger charge is -2.33. The van der Waals surface area contributed by atoms with Crippen LogP contribution < -0.4 is 5.32 Å². The third-order valence-corrected chi connectivity index (χ3v) is 4.38. The molecular weight excluding hydrogens is 230 g/mol. The third kappa shape index (κ3) is 3.69. The Bertz CT molecular complexity index is 282. The minimum atomic E-state index is -0.609. The molecule has 0 aromatic rings. The Morgan fingerprint density at radius 1 is 1.33 bits per heavy atom. The van der Waals surface area contributed by atoms with Crippen molar-refractivity contribution in [1.82, 2.24) is 5.32 Å². The van der Waals surface area contributed by atoms with Crippen molar-refractivity contribution in [2.24, 2.45) is 11.8 Å². The Labute approximate surface area is 109 Å². The highest BCUT2D eigenvalue weighted by atomic mass is 16.5. The first kappa shape index (κ1) is 13.8. The van der Waals surface area contributed by atoms with Gasteiger partial charge in [-0.15, -0.1) is 0 Å². The van der Waals surface area contributed by atoms with E-state index in [1.807, 2.05) is 0 Å². The zero-order valence-corrected chi connectivity index (χ0v) is 11.2. The lowest BCUT2D eigenvalue weighted by Crippen LogP contribution is -2.43. The molecule has 0 bridgehead atoms. The van der Waals surface area contributed by atoms with Crippen molar-refractivity contribution in [1.29, 1.82) is 0 Å². The summed E-state index contributed by atoms with van der Waals surface area (Å²) in [6.45, 7) is 3.79. The summed E-state index contributed by atoms with van der Waals surface area (Å²) in [5.74, 6) is -0.431. The predicted molar refractivity (Wildman–Crippen MR) is 69.5 cm³/mol. The molecule has 2 aliphatic rings. The molecule has 0 radical (unpaired) electrons. The van der Waals surface area contributed by atoms with Crippen molar-refractivity contribution < 1.29 is 14.6 Å². The number of carbonyl (C=O) groups is 1. The van der Waals surface area contributed by atoms with Crippen LogP contribution in [-0.4, -0.2) is 36.4 Å². The molecular formula is C14H25NO3. The number of ether oxygens (including phenoxy) is 1. The van der Waals surface area contributed by atoms with E-state index in [9.17, 15) is 9.90 Å². The van der Waals surface area contributed by atoms with Crippen LogP contribution in [0.3, 0.4) is 0 Å². The van der Waals surface area contributed by atoms with Crippen LogP contribution in [0.25, 0.3) is 0 Å². The average Bonchev–Trinajstić information content (AvgIpc) is 2.37. The zero-order chi connectivity index (χ0) is 13.0. The van der Waals surface area contributed by atoms with Gasteiger partial charge in [0.1, 0.15) is 0 Å². The summed E-state index contributed by atoms with van der Waals surface area (Å²) in [4.78, 5) is 11.2. The van der Waals surface area contributed by atoms with Gasteiger partial charge in [0.15, 0.2) is 0 Å². The topological polar surface area (TPSA) is 58.6 Å². The van der Waals surface area contributed by atoms with E-state index in [1.54, 1.807) is 0 Å². The van der Waals surface area contributed by atoms with Gasteiger partial charge in [-0.05, 0) is 45.1 Å². The fourth-order valence-corrected chi connectivity index (χ4v) is 3.28. The molecule has 1 heterocycles. The molecule has 4 nitrogen and oxygen atoms in total. The fourth-order valence-electron chi connectivity index (χ4n) is 3.28. The molecule has 0 aromatic carbocycles. The highest BCUT2D eigenvalue weighted by Crippen LogP contribution is 2.30. The molecule has 0 spiro atoms. The smallest absolute Gasteiger partial charge is 0.306 e. The standard InChI is InChI=1S/C14H25NO3/c1-10-8-12(6-7-18-10)15-9-11-4-2-3-5-13(11)14(16)17/h10-13,15H,2-9H2,1H3,(H,16,17). The molecule has 4 heteroatoms. The predicted octanol–water partition coefficient (Wildman–Crippen LogP) is 2.03. The van der Waals surface area contributed by atoms with Gasteiger partial charge in [0.05, 0.1) is 12.0 Å². The van der Waals surface area contributed by atoms with E-state index in [1.165, 1.54) is 6.42 Å². The molecule has 2 fully saturated rings. The van der Waals surface area contributed by atoms with Crippen molar-refractivity contribution in [2.75, 3.05) is 13.2 Å². The lowest BCUT2D eigenvalue weighted by molar-refractivity contribution is -0.144. The molecule has 4 unspecified atom stereocenters. The van der Waals surface area contributed by atoms with Gasteiger partial charge < -0.3 is 15.2 Å². The molecule has 1 aliphatic heterocycles. The molecule has 0 amide bonds. The van der Waals surface area contributed by atoms with Gasteiger partial charge >= 0.3 is 5.97 Å². The Kier molecular flexibility index (Phi) is 5.01. The quantitative estimate of drug-likeness (QED) is 0.807. The highest BCUT2D eigenvalue weighted by molar-refractivity contribution is 5.70. The number of aliphatic carboxylic acids is 1. The molecule has 1 saturated carbocycles. The SMILES string of the molecule is CC1CC(NCC2CCCCC2C(=O)O)CCO1. The first-order valence-electron chi connectivity index (χ1n) is 7.24. The van der Waals surface area contributed by atoms with Gasteiger partial charge in [0.25, 0.3) is 0 Å². The summed E-state index contributed by atoms with van der Waals surface area (Å²) >= 11 is 0. The normalized spacial score (nSPS) is 37.4. The molecule has 2 rings (SSSR count). The summed E-state index contributed by atoms with van der Waals surface area (Å²) in [5.41, 5.74) is 0. The number of rotatable bonds is 4. The van der Waals surface area contributed by atoms with Crippen LogP contribution in [0.1, 0.15) is 45.4 Å². The summed E-state index contributed by atoms with van der Waals surface area (Å²) in [7, 11) is 0. The second-order valence-electron chi connectivity index (χ2n) is 5.80. The monoisotopic (exact) mass is 255 g/mol. The van der Waals surface area contributed by atoms with Crippen molar-refractivity contribution in [3.8, 4) is 0 Å².